The molecule has 7 heteroatoms. The number of nitrogens with zero attached hydrogens (tertiary/aromatic N) is 2. The lowest BCUT2D eigenvalue weighted by atomic mass is 10.2. The number of hydrogen-bond acceptors (Lipinski definition) is 5. The minimum Gasteiger partial charge on any atom is -0.340 e. The van der Waals surface area contributed by atoms with Crippen molar-refractivity contribution in [3.05, 3.63) is 78.0 Å². The predicted molar refractivity (Wildman–Crippen MR) is 107 cm³/mol. The van der Waals surface area contributed by atoms with Crippen LogP contribution in [0.15, 0.2) is 66.9 Å². The monoisotopic (exact) mass is 371 g/mol. The van der Waals surface area contributed by atoms with Gasteiger partial charge in [0.25, 0.3) is 5.91 Å². The van der Waals surface area contributed by atoms with E-state index in [2.05, 4.69) is 27.0 Å². The van der Waals surface area contributed by atoms with E-state index in [0.717, 1.165) is 5.69 Å². The third-order valence-electron chi connectivity index (χ3n) is 3.77. The molecule has 0 aliphatic rings. The Labute approximate surface area is 162 Å². The second-order valence-electron chi connectivity index (χ2n) is 5.96. The number of carbonyl (C=O) groups is 2. The average molecular weight is 371 g/mol. The minimum atomic E-state index is -0.280. The van der Waals surface area contributed by atoms with E-state index in [1.807, 2.05) is 0 Å². The average Bonchev–Trinajstić information content (AvgIpc) is 2.70. The summed E-state index contributed by atoms with van der Waals surface area (Å²) in [5.74, 6) is 0.0757. The molecule has 2 amide bonds. The first-order valence-corrected chi connectivity index (χ1v) is 8.46. The van der Waals surface area contributed by atoms with Crippen molar-refractivity contribution in [1.29, 1.82) is 5.26 Å². The van der Waals surface area contributed by atoms with Crippen molar-refractivity contribution in [2.75, 3.05) is 16.0 Å². The van der Waals surface area contributed by atoms with Crippen molar-refractivity contribution in [2.45, 2.75) is 6.92 Å². The van der Waals surface area contributed by atoms with Crippen LogP contribution in [-0.4, -0.2) is 16.8 Å². The SMILES string of the molecule is CC(=O)Nc1ccc(NC(=O)c2ccnc(Nc3ccc(C#N)cc3)c2)cc1. The second-order valence-corrected chi connectivity index (χ2v) is 5.96. The summed E-state index contributed by atoms with van der Waals surface area (Å²) < 4.78 is 0. The number of amides is 2. The Kier molecular flexibility index (Phi) is 5.63. The summed E-state index contributed by atoms with van der Waals surface area (Å²) in [5, 5.41) is 17.4. The highest BCUT2D eigenvalue weighted by Gasteiger charge is 2.08. The molecule has 0 aliphatic heterocycles. The van der Waals surface area contributed by atoms with Gasteiger partial charge in [-0.1, -0.05) is 0 Å². The van der Waals surface area contributed by atoms with Crippen LogP contribution in [0.3, 0.4) is 0 Å². The molecule has 0 radical (unpaired) electrons. The van der Waals surface area contributed by atoms with Gasteiger partial charge in [0.15, 0.2) is 0 Å². The third-order valence-corrected chi connectivity index (χ3v) is 3.77. The first kappa shape index (κ1) is 18.6. The summed E-state index contributed by atoms with van der Waals surface area (Å²) in [6.07, 6.45) is 1.54. The van der Waals surface area contributed by atoms with Crippen molar-refractivity contribution in [3.8, 4) is 6.07 Å². The molecule has 1 aromatic heterocycles. The summed E-state index contributed by atoms with van der Waals surface area (Å²) in [6.45, 7) is 1.43. The summed E-state index contributed by atoms with van der Waals surface area (Å²) >= 11 is 0. The van der Waals surface area contributed by atoms with E-state index in [0.29, 0.717) is 28.3 Å². The van der Waals surface area contributed by atoms with Crippen LogP contribution in [-0.2, 0) is 4.79 Å². The van der Waals surface area contributed by atoms with Crippen LogP contribution in [0.5, 0.6) is 0 Å². The Morgan fingerprint density at radius 1 is 0.893 bits per heavy atom. The molecular formula is C21H17N5O2. The number of nitriles is 1. The van der Waals surface area contributed by atoms with Crippen LogP contribution < -0.4 is 16.0 Å². The molecule has 28 heavy (non-hydrogen) atoms. The predicted octanol–water partition coefficient (Wildman–Crippen LogP) is 3.91. The summed E-state index contributed by atoms with van der Waals surface area (Å²) in [7, 11) is 0. The highest BCUT2D eigenvalue weighted by Crippen LogP contribution is 2.18. The van der Waals surface area contributed by atoms with Crippen LogP contribution in [0.1, 0.15) is 22.8 Å². The lowest BCUT2D eigenvalue weighted by Gasteiger charge is -2.09. The fourth-order valence-electron chi connectivity index (χ4n) is 2.46. The van der Waals surface area contributed by atoms with Crippen LogP contribution >= 0.6 is 0 Å². The highest BCUT2D eigenvalue weighted by atomic mass is 16.2. The molecule has 0 saturated carbocycles. The molecule has 0 bridgehead atoms. The van der Waals surface area contributed by atoms with Crippen molar-refractivity contribution >= 4 is 34.7 Å². The standard InChI is InChI=1S/C21H17N5O2/c1-14(27)24-17-6-8-19(9-7-17)26-21(28)16-10-11-23-20(12-16)25-18-4-2-15(13-22)3-5-18/h2-12H,1H3,(H,23,25)(H,24,27)(H,26,28). The van der Waals surface area contributed by atoms with E-state index < -0.39 is 0 Å². The van der Waals surface area contributed by atoms with Gasteiger partial charge in [-0.25, -0.2) is 4.98 Å². The molecule has 7 nitrogen and oxygen atoms in total. The fraction of sp³-hybridized carbons (Fsp3) is 0.0476. The lowest BCUT2D eigenvalue weighted by Crippen LogP contribution is -2.12. The zero-order valence-electron chi connectivity index (χ0n) is 15.1. The van der Waals surface area contributed by atoms with Gasteiger partial charge in [-0.3, -0.25) is 9.59 Å². The Balaban J connectivity index is 1.67. The van der Waals surface area contributed by atoms with Crippen LogP contribution in [0, 0.1) is 11.3 Å². The fourth-order valence-corrected chi connectivity index (χ4v) is 2.46. The number of aromatic nitrogens is 1. The topological polar surface area (TPSA) is 107 Å². The molecule has 0 aliphatic carbocycles. The number of benzene rings is 2. The van der Waals surface area contributed by atoms with Crippen LogP contribution in [0.25, 0.3) is 0 Å². The number of hydrogen-bond donors (Lipinski definition) is 3. The smallest absolute Gasteiger partial charge is 0.255 e. The first-order valence-electron chi connectivity index (χ1n) is 8.46. The van der Waals surface area contributed by atoms with Crippen molar-refractivity contribution < 1.29 is 9.59 Å². The van der Waals surface area contributed by atoms with Gasteiger partial charge < -0.3 is 16.0 Å². The van der Waals surface area contributed by atoms with E-state index in [-0.39, 0.29) is 11.8 Å². The first-order chi connectivity index (χ1) is 13.5. The molecule has 3 N–H and O–H groups in total. The van der Waals surface area contributed by atoms with E-state index in [9.17, 15) is 9.59 Å². The van der Waals surface area contributed by atoms with Crippen LogP contribution in [0.2, 0.25) is 0 Å². The van der Waals surface area contributed by atoms with Gasteiger partial charge in [-0.15, -0.1) is 0 Å². The van der Waals surface area contributed by atoms with E-state index in [4.69, 9.17) is 5.26 Å². The Hall–Kier alpha value is -4.18. The van der Waals surface area contributed by atoms with E-state index >= 15 is 0 Å². The van der Waals surface area contributed by atoms with Gasteiger partial charge in [0.1, 0.15) is 5.82 Å². The Morgan fingerprint density at radius 3 is 2.11 bits per heavy atom. The number of nitrogens with one attached hydrogen (secondary N) is 3. The third kappa shape index (κ3) is 4.93. The molecule has 3 aromatic rings. The van der Waals surface area contributed by atoms with Gasteiger partial charge in [0.05, 0.1) is 11.6 Å². The second kappa shape index (κ2) is 8.47. The maximum Gasteiger partial charge on any atom is 0.255 e. The Morgan fingerprint density at radius 2 is 1.50 bits per heavy atom. The molecule has 0 unspecified atom stereocenters. The molecule has 0 saturated heterocycles. The van der Waals surface area contributed by atoms with Gasteiger partial charge in [-0.2, -0.15) is 5.26 Å². The molecular weight excluding hydrogens is 354 g/mol. The van der Waals surface area contributed by atoms with Crippen molar-refractivity contribution in [1.82, 2.24) is 4.98 Å². The summed E-state index contributed by atoms with van der Waals surface area (Å²) in [6, 6.07) is 19.1. The molecule has 0 atom stereocenters. The maximum atomic E-state index is 12.5. The maximum absolute atomic E-state index is 12.5. The van der Waals surface area contributed by atoms with Crippen molar-refractivity contribution in [2.24, 2.45) is 0 Å². The minimum absolute atomic E-state index is 0.157. The van der Waals surface area contributed by atoms with Gasteiger partial charge in [0.2, 0.25) is 5.91 Å². The Bertz CT molecular complexity index is 1040. The molecule has 1 heterocycles. The number of anilines is 4. The number of rotatable bonds is 5. The molecule has 0 spiro atoms. The summed E-state index contributed by atoms with van der Waals surface area (Å²) in [5.41, 5.74) is 3.03. The largest absolute Gasteiger partial charge is 0.340 e. The van der Waals surface area contributed by atoms with E-state index in [1.54, 1.807) is 66.9 Å². The summed E-state index contributed by atoms with van der Waals surface area (Å²) in [4.78, 5) is 27.8. The number of carbonyl (C=O) groups excluding carboxylic acids is 2. The normalized spacial score (nSPS) is 9.86. The van der Waals surface area contributed by atoms with Gasteiger partial charge in [0, 0.05) is 35.7 Å². The molecule has 0 fully saturated rings. The van der Waals surface area contributed by atoms with Crippen LogP contribution in [0.4, 0.5) is 22.9 Å². The molecule has 3 rings (SSSR count). The highest BCUT2D eigenvalue weighted by molar-refractivity contribution is 6.04. The van der Waals surface area contributed by atoms with E-state index in [1.165, 1.54) is 6.92 Å². The molecule has 2 aromatic carbocycles. The quantitative estimate of drug-likeness (QED) is 0.630. The lowest BCUT2D eigenvalue weighted by molar-refractivity contribution is -0.114. The van der Waals surface area contributed by atoms with Crippen molar-refractivity contribution in [3.63, 3.8) is 0 Å². The zero-order valence-corrected chi connectivity index (χ0v) is 15.1. The number of pyridine rings is 1. The zero-order chi connectivity index (χ0) is 19.9. The van der Waals surface area contributed by atoms with Gasteiger partial charge >= 0.3 is 0 Å². The molecule has 138 valence electrons. The van der Waals surface area contributed by atoms with Gasteiger partial charge in [-0.05, 0) is 60.7 Å².